The maximum atomic E-state index is 12.5. The van der Waals surface area contributed by atoms with Gasteiger partial charge in [-0.2, -0.15) is 23.7 Å². The van der Waals surface area contributed by atoms with Gasteiger partial charge in [0.15, 0.2) is 5.82 Å². The number of hydrogen-bond acceptors (Lipinski definition) is 4. The van der Waals surface area contributed by atoms with Gasteiger partial charge in [0.1, 0.15) is 5.75 Å². The third-order valence-electron chi connectivity index (χ3n) is 3.13. The maximum Gasteiger partial charge on any atom is 0.387 e. The molecule has 3 rings (SSSR count). The number of alkyl halides is 2. The van der Waals surface area contributed by atoms with E-state index in [1.807, 2.05) is 30.3 Å². The highest BCUT2D eigenvalue weighted by atomic mass is 32.1. The van der Waals surface area contributed by atoms with E-state index in [9.17, 15) is 8.78 Å². The zero-order valence-corrected chi connectivity index (χ0v) is 13.1. The van der Waals surface area contributed by atoms with E-state index in [1.54, 1.807) is 18.2 Å². The zero-order chi connectivity index (χ0) is 16.9. The molecule has 0 unspecified atom stereocenters. The van der Waals surface area contributed by atoms with Crippen LogP contribution in [0.25, 0.3) is 11.4 Å². The minimum atomic E-state index is -2.91. The molecule has 0 radical (unpaired) electrons. The fraction of sp³-hybridized carbons (Fsp3) is 0.0625. The Morgan fingerprint density at radius 2 is 1.83 bits per heavy atom. The summed E-state index contributed by atoms with van der Waals surface area (Å²) >= 11 is 5.17. The van der Waals surface area contributed by atoms with Crippen molar-refractivity contribution in [1.29, 1.82) is 0 Å². The van der Waals surface area contributed by atoms with Gasteiger partial charge in [0.25, 0.3) is 0 Å². The Kier molecular flexibility index (Phi) is 4.76. The lowest BCUT2D eigenvalue weighted by Crippen LogP contribution is -2.04. The molecule has 0 atom stereocenters. The molecule has 5 nitrogen and oxygen atoms in total. The average molecular weight is 346 g/mol. The van der Waals surface area contributed by atoms with Crippen LogP contribution in [0.15, 0.2) is 59.7 Å². The number of ether oxygens (including phenoxy) is 1. The molecule has 8 heteroatoms. The summed E-state index contributed by atoms with van der Waals surface area (Å²) in [6, 6.07) is 15.7. The highest BCUT2D eigenvalue weighted by Crippen LogP contribution is 2.20. The van der Waals surface area contributed by atoms with E-state index in [1.165, 1.54) is 17.0 Å². The second-order valence-corrected chi connectivity index (χ2v) is 5.08. The van der Waals surface area contributed by atoms with Crippen LogP contribution in [0.5, 0.6) is 5.75 Å². The second-order valence-electron chi connectivity index (χ2n) is 4.69. The van der Waals surface area contributed by atoms with Crippen LogP contribution in [0.2, 0.25) is 0 Å². The Balaban J connectivity index is 1.97. The predicted molar refractivity (Wildman–Crippen MR) is 88.9 cm³/mol. The lowest BCUT2D eigenvalue weighted by atomic mass is 10.2. The maximum absolute atomic E-state index is 12.5. The molecular formula is C16H12F2N4OS. The number of halogens is 2. The van der Waals surface area contributed by atoms with Crippen LogP contribution in [0, 0.1) is 4.77 Å². The van der Waals surface area contributed by atoms with Crippen LogP contribution in [-0.4, -0.2) is 27.7 Å². The van der Waals surface area contributed by atoms with Crippen molar-refractivity contribution in [2.45, 2.75) is 6.61 Å². The molecule has 3 aromatic rings. The highest BCUT2D eigenvalue weighted by Gasteiger charge is 2.09. The second kappa shape index (κ2) is 7.14. The van der Waals surface area contributed by atoms with Gasteiger partial charge >= 0.3 is 6.61 Å². The van der Waals surface area contributed by atoms with Crippen LogP contribution in [-0.2, 0) is 0 Å². The number of para-hydroxylation sites is 1. The summed E-state index contributed by atoms with van der Waals surface area (Å²) in [7, 11) is 0. The molecule has 122 valence electrons. The first kappa shape index (κ1) is 16.0. The Morgan fingerprint density at radius 1 is 1.12 bits per heavy atom. The number of hydrogen-bond donors (Lipinski definition) is 1. The zero-order valence-electron chi connectivity index (χ0n) is 12.3. The van der Waals surface area contributed by atoms with Gasteiger partial charge < -0.3 is 4.74 Å². The third-order valence-corrected chi connectivity index (χ3v) is 3.39. The van der Waals surface area contributed by atoms with E-state index in [0.717, 1.165) is 5.56 Å². The van der Waals surface area contributed by atoms with E-state index in [0.29, 0.717) is 11.4 Å². The van der Waals surface area contributed by atoms with Crippen molar-refractivity contribution in [3.8, 4) is 17.1 Å². The molecule has 0 aliphatic carbocycles. The van der Waals surface area contributed by atoms with E-state index >= 15 is 0 Å². The Bertz CT molecular complexity index is 906. The number of rotatable bonds is 5. The van der Waals surface area contributed by atoms with Crippen molar-refractivity contribution in [1.82, 2.24) is 14.9 Å². The van der Waals surface area contributed by atoms with Crippen LogP contribution in [0.4, 0.5) is 8.78 Å². The minimum absolute atomic E-state index is 0.0347. The van der Waals surface area contributed by atoms with Gasteiger partial charge in [0.2, 0.25) is 4.77 Å². The first-order chi connectivity index (χ1) is 11.6. The molecular weight excluding hydrogens is 334 g/mol. The summed E-state index contributed by atoms with van der Waals surface area (Å²) < 4.78 is 31.1. The molecule has 1 aromatic heterocycles. The molecule has 0 saturated carbocycles. The number of H-pyrrole nitrogens is 1. The number of benzene rings is 2. The molecule has 0 saturated heterocycles. The molecule has 0 fully saturated rings. The van der Waals surface area contributed by atoms with E-state index < -0.39 is 6.61 Å². The van der Waals surface area contributed by atoms with Gasteiger partial charge in [-0.15, -0.1) is 0 Å². The summed E-state index contributed by atoms with van der Waals surface area (Å²) in [6.07, 6.45) is 1.40. The van der Waals surface area contributed by atoms with E-state index in [2.05, 4.69) is 20.0 Å². The Hall–Kier alpha value is -2.87. The highest BCUT2D eigenvalue weighted by molar-refractivity contribution is 7.71. The van der Waals surface area contributed by atoms with Crippen molar-refractivity contribution in [3.63, 3.8) is 0 Å². The van der Waals surface area contributed by atoms with Gasteiger partial charge in [-0.25, -0.2) is 5.10 Å². The van der Waals surface area contributed by atoms with Gasteiger partial charge in [0.05, 0.1) is 6.21 Å². The van der Waals surface area contributed by atoms with Gasteiger partial charge in [-0.3, -0.25) is 0 Å². The fourth-order valence-corrected chi connectivity index (χ4v) is 2.26. The van der Waals surface area contributed by atoms with Crippen molar-refractivity contribution < 1.29 is 13.5 Å². The summed E-state index contributed by atoms with van der Waals surface area (Å²) in [5.74, 6) is 0.552. The lowest BCUT2D eigenvalue weighted by Gasteiger charge is -2.07. The molecule has 1 heterocycles. The van der Waals surface area contributed by atoms with Crippen molar-refractivity contribution in [3.05, 3.63) is 64.9 Å². The molecule has 0 bridgehead atoms. The summed E-state index contributed by atoms with van der Waals surface area (Å²) in [5, 5.41) is 11.1. The van der Waals surface area contributed by atoms with Crippen LogP contribution in [0.3, 0.4) is 0 Å². The monoisotopic (exact) mass is 346 g/mol. The number of nitrogens with one attached hydrogen (secondary N) is 1. The van der Waals surface area contributed by atoms with Crippen LogP contribution < -0.4 is 4.74 Å². The van der Waals surface area contributed by atoms with Crippen LogP contribution >= 0.6 is 12.2 Å². The first-order valence-electron chi connectivity index (χ1n) is 6.96. The largest absolute Gasteiger partial charge is 0.434 e. The van der Waals surface area contributed by atoms with Gasteiger partial charge in [-0.1, -0.05) is 42.5 Å². The Labute approximate surface area is 141 Å². The molecule has 0 aliphatic heterocycles. The normalized spacial score (nSPS) is 11.3. The van der Waals surface area contributed by atoms with Gasteiger partial charge in [-0.05, 0) is 24.4 Å². The number of nitrogens with zero attached hydrogens (tertiary/aromatic N) is 3. The Morgan fingerprint density at radius 3 is 2.58 bits per heavy atom. The summed E-state index contributed by atoms with van der Waals surface area (Å²) in [5.41, 5.74) is 1.22. The molecule has 0 amide bonds. The fourth-order valence-electron chi connectivity index (χ4n) is 2.08. The predicted octanol–water partition coefficient (Wildman–Crippen LogP) is 4.09. The average Bonchev–Trinajstić information content (AvgIpc) is 2.95. The molecule has 1 N–H and O–H groups in total. The topological polar surface area (TPSA) is 55.2 Å². The molecule has 24 heavy (non-hydrogen) atoms. The standard InChI is InChI=1S/C16H12F2N4OS/c17-15(18)23-13-9-5-4-8-12(13)10-19-22-14(20-21-16(22)24)11-6-2-1-3-7-11/h1-10,15H,(H,21,24)/b19-10+. The summed E-state index contributed by atoms with van der Waals surface area (Å²) in [6.45, 7) is -2.91. The van der Waals surface area contributed by atoms with Crippen molar-refractivity contribution >= 4 is 18.4 Å². The molecule has 0 aliphatic rings. The SMILES string of the molecule is FC(F)Oc1ccccc1/C=N/n1c(-c2ccccc2)n[nH]c1=S. The van der Waals surface area contributed by atoms with Crippen molar-refractivity contribution in [2.75, 3.05) is 0 Å². The first-order valence-corrected chi connectivity index (χ1v) is 7.37. The quantitative estimate of drug-likeness (QED) is 0.559. The number of aromatic amines is 1. The summed E-state index contributed by atoms with van der Waals surface area (Å²) in [4.78, 5) is 0. The molecule has 0 spiro atoms. The number of aromatic nitrogens is 3. The third kappa shape index (κ3) is 3.54. The lowest BCUT2D eigenvalue weighted by molar-refractivity contribution is -0.0499. The van der Waals surface area contributed by atoms with Gasteiger partial charge in [0, 0.05) is 11.1 Å². The van der Waals surface area contributed by atoms with Crippen molar-refractivity contribution in [2.24, 2.45) is 5.10 Å². The molecule has 2 aromatic carbocycles. The smallest absolute Gasteiger partial charge is 0.387 e. The van der Waals surface area contributed by atoms with Crippen LogP contribution in [0.1, 0.15) is 5.56 Å². The van der Waals surface area contributed by atoms with E-state index in [-0.39, 0.29) is 10.5 Å². The van der Waals surface area contributed by atoms with E-state index in [4.69, 9.17) is 12.2 Å². The minimum Gasteiger partial charge on any atom is -0.434 e.